The maximum Gasteiger partial charge on any atom is 0.251 e. The number of nitrogens with one attached hydrogen (secondary N) is 1. The molecule has 0 saturated carbocycles. The Bertz CT molecular complexity index is 359. The van der Waals surface area contributed by atoms with Crippen LogP contribution in [0.25, 0.3) is 0 Å². The fourth-order valence-corrected chi connectivity index (χ4v) is 1.31. The molecule has 0 aromatic heterocycles. The van der Waals surface area contributed by atoms with E-state index in [1.807, 2.05) is 0 Å². The number of hydrogen-bond acceptors (Lipinski definition) is 3. The quantitative estimate of drug-likeness (QED) is 0.866. The van der Waals surface area contributed by atoms with E-state index in [-0.39, 0.29) is 18.3 Å². The average molecular weight is 265 g/mol. The van der Waals surface area contributed by atoms with Crippen LogP contribution in [-0.4, -0.2) is 26.1 Å². The molecule has 1 aromatic rings. The van der Waals surface area contributed by atoms with Crippen LogP contribution < -0.4 is 15.8 Å². The molecule has 0 aliphatic rings. The number of carbonyl (C=O) groups excluding carboxylic acids is 1. The van der Waals surface area contributed by atoms with Crippen LogP contribution in [0.2, 0.25) is 5.02 Å². The molecule has 0 atom stereocenters. The highest BCUT2D eigenvalue weighted by Gasteiger charge is 2.07. The summed E-state index contributed by atoms with van der Waals surface area (Å²) in [6.45, 7) is 0.826. The molecule has 0 unspecified atom stereocenters. The first-order chi connectivity index (χ1) is 7.19. The molecule has 0 aliphatic carbocycles. The molecule has 0 heterocycles. The standard InChI is InChI=1S/C10H13ClN2O2.ClH/c1-13-10(14)7-2-3-9(8(11)6-7)15-5-4-12;/h2-3,6H,4-5,12H2,1H3,(H,13,14);1H. The highest BCUT2D eigenvalue weighted by atomic mass is 35.5. The third-order valence-corrected chi connectivity index (χ3v) is 2.09. The molecule has 0 radical (unpaired) electrons. The van der Waals surface area contributed by atoms with E-state index in [4.69, 9.17) is 22.1 Å². The van der Waals surface area contributed by atoms with Crippen molar-refractivity contribution in [2.24, 2.45) is 5.73 Å². The lowest BCUT2D eigenvalue weighted by atomic mass is 10.2. The monoisotopic (exact) mass is 264 g/mol. The molecule has 1 amide bonds. The predicted molar refractivity (Wildman–Crippen MR) is 66.6 cm³/mol. The largest absolute Gasteiger partial charge is 0.491 e. The van der Waals surface area contributed by atoms with Gasteiger partial charge in [-0.1, -0.05) is 11.6 Å². The summed E-state index contributed by atoms with van der Waals surface area (Å²) in [6, 6.07) is 4.87. The Hall–Kier alpha value is -0.970. The number of halogens is 2. The molecule has 16 heavy (non-hydrogen) atoms. The van der Waals surface area contributed by atoms with Crippen LogP contribution in [0.3, 0.4) is 0 Å². The van der Waals surface area contributed by atoms with Gasteiger partial charge in [0.05, 0.1) is 5.02 Å². The van der Waals surface area contributed by atoms with Gasteiger partial charge in [0.15, 0.2) is 0 Å². The summed E-state index contributed by atoms with van der Waals surface area (Å²) in [6.07, 6.45) is 0. The molecule has 4 nitrogen and oxygen atoms in total. The van der Waals surface area contributed by atoms with Crippen molar-refractivity contribution in [2.45, 2.75) is 0 Å². The minimum Gasteiger partial charge on any atom is -0.491 e. The smallest absolute Gasteiger partial charge is 0.251 e. The summed E-state index contributed by atoms with van der Waals surface area (Å²) >= 11 is 5.92. The lowest BCUT2D eigenvalue weighted by molar-refractivity contribution is 0.0963. The van der Waals surface area contributed by atoms with Crippen molar-refractivity contribution in [2.75, 3.05) is 20.2 Å². The zero-order chi connectivity index (χ0) is 11.3. The van der Waals surface area contributed by atoms with E-state index in [0.717, 1.165) is 0 Å². The van der Waals surface area contributed by atoms with Crippen molar-refractivity contribution in [1.29, 1.82) is 0 Å². The zero-order valence-corrected chi connectivity index (χ0v) is 10.4. The summed E-state index contributed by atoms with van der Waals surface area (Å²) in [5.74, 6) is 0.358. The average Bonchev–Trinajstić information content (AvgIpc) is 2.26. The highest BCUT2D eigenvalue weighted by molar-refractivity contribution is 6.32. The Labute approximate surface area is 106 Å². The SMILES string of the molecule is CNC(=O)c1ccc(OCCN)c(Cl)c1.Cl. The Balaban J connectivity index is 0.00000225. The second-order valence-electron chi connectivity index (χ2n) is 2.86. The van der Waals surface area contributed by atoms with Crippen molar-refractivity contribution in [3.63, 3.8) is 0 Å². The van der Waals surface area contributed by atoms with Gasteiger partial charge in [0.1, 0.15) is 12.4 Å². The second-order valence-corrected chi connectivity index (χ2v) is 3.27. The van der Waals surface area contributed by atoms with E-state index in [0.29, 0.717) is 29.5 Å². The first-order valence-electron chi connectivity index (χ1n) is 4.53. The van der Waals surface area contributed by atoms with Crippen LogP contribution in [0.1, 0.15) is 10.4 Å². The van der Waals surface area contributed by atoms with Gasteiger partial charge in [0.2, 0.25) is 0 Å². The van der Waals surface area contributed by atoms with E-state index < -0.39 is 0 Å². The van der Waals surface area contributed by atoms with E-state index in [2.05, 4.69) is 5.32 Å². The lowest BCUT2D eigenvalue weighted by Gasteiger charge is -2.07. The minimum atomic E-state index is -0.178. The van der Waals surface area contributed by atoms with Crippen molar-refractivity contribution in [3.8, 4) is 5.75 Å². The van der Waals surface area contributed by atoms with Crippen LogP contribution in [0.15, 0.2) is 18.2 Å². The normalized spacial score (nSPS) is 9.19. The highest BCUT2D eigenvalue weighted by Crippen LogP contribution is 2.25. The first-order valence-corrected chi connectivity index (χ1v) is 4.91. The van der Waals surface area contributed by atoms with E-state index in [1.165, 1.54) is 0 Å². The first kappa shape index (κ1) is 15.0. The van der Waals surface area contributed by atoms with Crippen LogP contribution in [0.5, 0.6) is 5.75 Å². The summed E-state index contributed by atoms with van der Waals surface area (Å²) in [4.78, 5) is 11.3. The topological polar surface area (TPSA) is 64.3 Å². The fraction of sp³-hybridized carbons (Fsp3) is 0.300. The zero-order valence-electron chi connectivity index (χ0n) is 8.83. The van der Waals surface area contributed by atoms with Crippen LogP contribution in [0.4, 0.5) is 0 Å². The molecule has 0 aliphatic heterocycles. The number of ether oxygens (including phenoxy) is 1. The number of rotatable bonds is 4. The van der Waals surface area contributed by atoms with Crippen molar-refractivity contribution < 1.29 is 9.53 Å². The van der Waals surface area contributed by atoms with Gasteiger partial charge in [0, 0.05) is 19.2 Å². The molecule has 1 aromatic carbocycles. The van der Waals surface area contributed by atoms with Gasteiger partial charge in [0.25, 0.3) is 5.91 Å². The summed E-state index contributed by atoms with van der Waals surface area (Å²) < 4.78 is 5.27. The summed E-state index contributed by atoms with van der Waals surface area (Å²) in [7, 11) is 1.56. The molecular formula is C10H14Cl2N2O2. The van der Waals surface area contributed by atoms with E-state index >= 15 is 0 Å². The van der Waals surface area contributed by atoms with Crippen molar-refractivity contribution in [1.82, 2.24) is 5.32 Å². The van der Waals surface area contributed by atoms with Crippen molar-refractivity contribution >= 4 is 29.9 Å². The number of nitrogens with two attached hydrogens (primary N) is 1. The van der Waals surface area contributed by atoms with E-state index in [9.17, 15) is 4.79 Å². The Morgan fingerprint density at radius 2 is 2.25 bits per heavy atom. The van der Waals surface area contributed by atoms with Gasteiger partial charge >= 0.3 is 0 Å². The molecule has 0 fully saturated rings. The maximum absolute atomic E-state index is 11.3. The number of carbonyl (C=O) groups is 1. The Kier molecular flexibility index (Phi) is 6.88. The molecule has 3 N–H and O–H groups in total. The third-order valence-electron chi connectivity index (χ3n) is 1.80. The molecular weight excluding hydrogens is 251 g/mol. The van der Waals surface area contributed by atoms with Gasteiger partial charge in [-0.05, 0) is 18.2 Å². The van der Waals surface area contributed by atoms with Crippen LogP contribution >= 0.6 is 24.0 Å². The molecule has 0 bridgehead atoms. The van der Waals surface area contributed by atoms with Crippen LogP contribution in [0, 0.1) is 0 Å². The molecule has 1 rings (SSSR count). The molecule has 90 valence electrons. The summed E-state index contributed by atoms with van der Waals surface area (Å²) in [5, 5.41) is 2.92. The van der Waals surface area contributed by atoms with Gasteiger partial charge in [-0.2, -0.15) is 0 Å². The predicted octanol–water partition coefficient (Wildman–Crippen LogP) is 1.46. The van der Waals surface area contributed by atoms with Gasteiger partial charge in [-0.3, -0.25) is 4.79 Å². The fourth-order valence-electron chi connectivity index (χ4n) is 1.07. The third kappa shape index (κ3) is 3.89. The number of hydrogen-bond donors (Lipinski definition) is 2. The maximum atomic E-state index is 11.3. The molecule has 0 spiro atoms. The molecule has 6 heteroatoms. The lowest BCUT2D eigenvalue weighted by Crippen LogP contribution is -2.17. The van der Waals surface area contributed by atoms with Gasteiger partial charge < -0.3 is 15.8 Å². The minimum absolute atomic E-state index is 0. The summed E-state index contributed by atoms with van der Waals surface area (Å²) in [5.41, 5.74) is 5.80. The van der Waals surface area contributed by atoms with E-state index in [1.54, 1.807) is 25.2 Å². The van der Waals surface area contributed by atoms with Gasteiger partial charge in [-0.15, -0.1) is 12.4 Å². The molecule has 0 saturated heterocycles. The Morgan fingerprint density at radius 3 is 2.75 bits per heavy atom. The second kappa shape index (κ2) is 7.33. The number of amides is 1. The Morgan fingerprint density at radius 1 is 1.56 bits per heavy atom. The van der Waals surface area contributed by atoms with Crippen molar-refractivity contribution in [3.05, 3.63) is 28.8 Å². The van der Waals surface area contributed by atoms with Crippen LogP contribution in [-0.2, 0) is 0 Å². The van der Waals surface area contributed by atoms with Gasteiger partial charge in [-0.25, -0.2) is 0 Å². The number of benzene rings is 1.